The van der Waals surface area contributed by atoms with Crippen LogP contribution in [-0.2, 0) is 22.6 Å². The minimum Gasteiger partial charge on any atom is -0.494 e. The molecule has 1 N–H and O–H groups in total. The molecule has 4 amide bonds. The van der Waals surface area contributed by atoms with E-state index in [1.807, 2.05) is 38.1 Å². The second-order valence-corrected chi connectivity index (χ2v) is 9.09. The molecule has 40 heavy (non-hydrogen) atoms. The standard InChI is InChI=1S/C32H32N2O6/c1-5-9-24-17-22(12-14-28(24)40-20-23-11-8-10-21(4)16-23)18-26-30(35)33-32(37)34(31(26)36)27-19-25(38-6-2)13-15-29(27)39-7-3/h5,8,10-19H,1,6-7,9,20H2,2-4H3,(H,33,35,37)/b26-18+. The average Bonchev–Trinajstić information content (AvgIpc) is 2.92. The van der Waals surface area contributed by atoms with Crippen LogP contribution < -0.4 is 24.4 Å². The summed E-state index contributed by atoms with van der Waals surface area (Å²) in [5, 5.41) is 2.27. The van der Waals surface area contributed by atoms with Crippen molar-refractivity contribution in [1.29, 1.82) is 0 Å². The van der Waals surface area contributed by atoms with Gasteiger partial charge in [-0.2, -0.15) is 0 Å². The summed E-state index contributed by atoms with van der Waals surface area (Å²) in [5.74, 6) is -0.108. The van der Waals surface area contributed by atoms with Crippen LogP contribution in [0.3, 0.4) is 0 Å². The third-order valence-corrected chi connectivity index (χ3v) is 6.12. The minimum absolute atomic E-state index is 0.181. The lowest BCUT2D eigenvalue weighted by Crippen LogP contribution is -2.54. The van der Waals surface area contributed by atoms with Gasteiger partial charge in [0.25, 0.3) is 11.8 Å². The molecule has 1 saturated heterocycles. The van der Waals surface area contributed by atoms with E-state index in [-0.39, 0.29) is 11.3 Å². The first-order valence-corrected chi connectivity index (χ1v) is 13.1. The molecule has 0 aliphatic carbocycles. The summed E-state index contributed by atoms with van der Waals surface area (Å²) in [6, 6.07) is 17.5. The molecule has 206 valence electrons. The number of anilines is 1. The smallest absolute Gasteiger partial charge is 0.336 e. The predicted molar refractivity (Wildman–Crippen MR) is 154 cm³/mol. The number of hydrogen-bond acceptors (Lipinski definition) is 6. The number of nitrogens with zero attached hydrogens (tertiary/aromatic N) is 1. The van der Waals surface area contributed by atoms with Crippen LogP contribution in [0.4, 0.5) is 10.5 Å². The van der Waals surface area contributed by atoms with Crippen molar-refractivity contribution in [1.82, 2.24) is 5.32 Å². The van der Waals surface area contributed by atoms with Crippen molar-refractivity contribution in [2.24, 2.45) is 0 Å². The van der Waals surface area contributed by atoms with Gasteiger partial charge in [-0.25, -0.2) is 9.69 Å². The molecule has 1 aliphatic heterocycles. The summed E-state index contributed by atoms with van der Waals surface area (Å²) in [5.41, 5.74) is 3.63. The van der Waals surface area contributed by atoms with Gasteiger partial charge in [0.1, 0.15) is 29.4 Å². The van der Waals surface area contributed by atoms with E-state index in [0.717, 1.165) is 21.6 Å². The zero-order chi connectivity index (χ0) is 28.6. The van der Waals surface area contributed by atoms with Crippen LogP contribution in [-0.4, -0.2) is 31.1 Å². The van der Waals surface area contributed by atoms with Gasteiger partial charge in [0, 0.05) is 6.07 Å². The van der Waals surface area contributed by atoms with Crippen LogP contribution in [0.25, 0.3) is 6.08 Å². The first kappa shape index (κ1) is 28.2. The molecule has 0 atom stereocenters. The Morgan fingerprint density at radius 1 is 0.900 bits per heavy atom. The lowest BCUT2D eigenvalue weighted by Gasteiger charge is -2.28. The van der Waals surface area contributed by atoms with Gasteiger partial charge in [-0.1, -0.05) is 42.0 Å². The Labute approximate surface area is 233 Å². The van der Waals surface area contributed by atoms with Gasteiger partial charge in [0.15, 0.2) is 0 Å². The topological polar surface area (TPSA) is 94.2 Å². The van der Waals surface area contributed by atoms with Crippen molar-refractivity contribution in [3.63, 3.8) is 0 Å². The number of imide groups is 2. The Kier molecular flexibility index (Phi) is 9.01. The molecule has 0 spiro atoms. The highest BCUT2D eigenvalue weighted by Crippen LogP contribution is 2.35. The number of barbiturate groups is 1. The van der Waals surface area contributed by atoms with Crippen molar-refractivity contribution in [2.75, 3.05) is 18.1 Å². The molecule has 0 bridgehead atoms. The molecular formula is C32H32N2O6. The highest BCUT2D eigenvalue weighted by Gasteiger charge is 2.38. The molecule has 1 aliphatic rings. The van der Waals surface area contributed by atoms with Gasteiger partial charge in [-0.15, -0.1) is 6.58 Å². The predicted octanol–water partition coefficient (Wildman–Crippen LogP) is 5.77. The molecule has 0 unspecified atom stereocenters. The normalized spacial score (nSPS) is 14.2. The number of allylic oxidation sites excluding steroid dienone is 1. The lowest BCUT2D eigenvalue weighted by atomic mass is 10.0. The summed E-state index contributed by atoms with van der Waals surface area (Å²) < 4.78 is 17.3. The molecule has 8 heteroatoms. The molecule has 0 aromatic heterocycles. The third-order valence-electron chi connectivity index (χ3n) is 6.12. The van der Waals surface area contributed by atoms with Gasteiger partial charge >= 0.3 is 6.03 Å². The van der Waals surface area contributed by atoms with E-state index < -0.39 is 17.8 Å². The molecule has 3 aromatic carbocycles. The Morgan fingerprint density at radius 3 is 2.40 bits per heavy atom. The van der Waals surface area contributed by atoms with Gasteiger partial charge in [-0.05, 0) is 74.2 Å². The van der Waals surface area contributed by atoms with E-state index in [9.17, 15) is 14.4 Å². The quantitative estimate of drug-likeness (QED) is 0.189. The summed E-state index contributed by atoms with van der Waals surface area (Å²) >= 11 is 0. The fraction of sp³-hybridized carbons (Fsp3) is 0.219. The SMILES string of the molecule is C=CCc1cc(/C=C2\C(=O)NC(=O)N(c3cc(OCC)ccc3OCC)C2=O)ccc1OCc1cccc(C)c1. The molecule has 3 aromatic rings. The molecule has 1 heterocycles. The number of carbonyl (C=O) groups excluding carboxylic acids is 3. The number of ether oxygens (including phenoxy) is 3. The number of carbonyl (C=O) groups is 3. The molecule has 0 saturated carbocycles. The number of rotatable bonds is 11. The van der Waals surface area contributed by atoms with Gasteiger partial charge in [0.05, 0.1) is 18.9 Å². The number of benzene rings is 3. The summed E-state index contributed by atoms with van der Waals surface area (Å²) in [6.07, 6.45) is 3.74. The Bertz CT molecular complexity index is 1480. The first-order chi connectivity index (χ1) is 19.3. The number of amides is 4. The maximum absolute atomic E-state index is 13.6. The lowest BCUT2D eigenvalue weighted by molar-refractivity contribution is -0.122. The molecule has 8 nitrogen and oxygen atoms in total. The largest absolute Gasteiger partial charge is 0.494 e. The van der Waals surface area contributed by atoms with E-state index in [2.05, 4.69) is 18.0 Å². The monoisotopic (exact) mass is 540 g/mol. The van der Waals surface area contributed by atoms with E-state index in [1.54, 1.807) is 43.3 Å². The van der Waals surface area contributed by atoms with E-state index in [4.69, 9.17) is 14.2 Å². The van der Waals surface area contributed by atoms with Crippen LogP contribution >= 0.6 is 0 Å². The van der Waals surface area contributed by atoms with E-state index in [0.29, 0.717) is 49.1 Å². The van der Waals surface area contributed by atoms with E-state index in [1.165, 1.54) is 6.08 Å². The number of aryl methyl sites for hydroxylation is 1. The molecule has 0 radical (unpaired) electrons. The van der Waals surface area contributed by atoms with Crippen LogP contribution in [0.15, 0.2) is 78.9 Å². The molecule has 1 fully saturated rings. The summed E-state index contributed by atoms with van der Waals surface area (Å²) in [4.78, 5) is 40.1. The first-order valence-electron chi connectivity index (χ1n) is 13.1. The maximum atomic E-state index is 13.6. The highest BCUT2D eigenvalue weighted by atomic mass is 16.5. The summed E-state index contributed by atoms with van der Waals surface area (Å²) in [6.45, 7) is 10.6. The Hall–Kier alpha value is -4.85. The van der Waals surface area contributed by atoms with Crippen molar-refractivity contribution < 1.29 is 28.6 Å². The van der Waals surface area contributed by atoms with Crippen molar-refractivity contribution in [2.45, 2.75) is 33.8 Å². The second-order valence-electron chi connectivity index (χ2n) is 9.09. The van der Waals surface area contributed by atoms with Crippen molar-refractivity contribution in [3.05, 3.63) is 101 Å². The van der Waals surface area contributed by atoms with Gasteiger partial charge < -0.3 is 14.2 Å². The number of nitrogens with one attached hydrogen (secondary N) is 1. The number of hydrogen-bond donors (Lipinski definition) is 1. The summed E-state index contributed by atoms with van der Waals surface area (Å²) in [7, 11) is 0. The average molecular weight is 541 g/mol. The zero-order valence-corrected chi connectivity index (χ0v) is 22.9. The second kappa shape index (κ2) is 12.8. The molecule has 4 rings (SSSR count). The van der Waals surface area contributed by atoms with Crippen LogP contribution in [0.1, 0.15) is 36.1 Å². The van der Waals surface area contributed by atoms with E-state index >= 15 is 0 Å². The van der Waals surface area contributed by atoms with Crippen molar-refractivity contribution in [3.8, 4) is 17.2 Å². The number of urea groups is 1. The maximum Gasteiger partial charge on any atom is 0.336 e. The Morgan fingerprint density at radius 2 is 1.68 bits per heavy atom. The van der Waals surface area contributed by atoms with Gasteiger partial charge in [-0.3, -0.25) is 14.9 Å². The minimum atomic E-state index is -0.867. The van der Waals surface area contributed by atoms with Crippen molar-refractivity contribution >= 4 is 29.6 Å². The van der Waals surface area contributed by atoms with Crippen LogP contribution in [0.5, 0.6) is 17.2 Å². The third kappa shape index (κ3) is 6.40. The van der Waals surface area contributed by atoms with Gasteiger partial charge in [0.2, 0.25) is 0 Å². The van der Waals surface area contributed by atoms with Crippen LogP contribution in [0.2, 0.25) is 0 Å². The Balaban J connectivity index is 1.66. The molecular weight excluding hydrogens is 508 g/mol. The fourth-order valence-electron chi connectivity index (χ4n) is 4.36. The van der Waals surface area contributed by atoms with Crippen LogP contribution in [0, 0.1) is 6.92 Å². The fourth-order valence-corrected chi connectivity index (χ4v) is 4.36. The highest BCUT2D eigenvalue weighted by molar-refractivity contribution is 6.39. The zero-order valence-electron chi connectivity index (χ0n) is 22.9.